The number of benzene rings is 1. The minimum Gasteiger partial charge on any atom is -0.330 e. The Hall–Kier alpha value is -1.57. The van der Waals surface area contributed by atoms with Gasteiger partial charge in [-0.25, -0.2) is 0 Å². The standard InChI is InChI=1S/C18H25N5OS.ClH/c1-23-13-20-22-17(23)25-15-7-5-14(6-8-15)21-16(24)11-18(12-19)9-3-2-4-10-18;/h5-8,13H,2-4,9-12,19H2,1H3,(H,21,24);1H. The van der Waals surface area contributed by atoms with Gasteiger partial charge in [0.1, 0.15) is 6.33 Å². The monoisotopic (exact) mass is 395 g/mol. The molecule has 3 N–H and O–H groups in total. The van der Waals surface area contributed by atoms with E-state index in [1.54, 1.807) is 18.1 Å². The molecule has 2 aromatic rings. The summed E-state index contributed by atoms with van der Waals surface area (Å²) in [4.78, 5) is 13.5. The van der Waals surface area contributed by atoms with Crippen LogP contribution in [0, 0.1) is 5.41 Å². The van der Waals surface area contributed by atoms with Crippen LogP contribution in [0.15, 0.2) is 40.6 Å². The topological polar surface area (TPSA) is 85.8 Å². The number of rotatable bonds is 6. The van der Waals surface area contributed by atoms with Gasteiger partial charge in [0, 0.05) is 24.1 Å². The van der Waals surface area contributed by atoms with Crippen molar-refractivity contribution in [3.63, 3.8) is 0 Å². The predicted molar refractivity (Wildman–Crippen MR) is 107 cm³/mol. The number of nitrogens with one attached hydrogen (secondary N) is 1. The highest BCUT2D eigenvalue weighted by Crippen LogP contribution is 2.38. The van der Waals surface area contributed by atoms with Crippen molar-refractivity contribution in [1.29, 1.82) is 0 Å². The minimum absolute atomic E-state index is 0. The van der Waals surface area contributed by atoms with Crippen molar-refractivity contribution < 1.29 is 4.79 Å². The zero-order valence-electron chi connectivity index (χ0n) is 15.0. The lowest BCUT2D eigenvalue weighted by atomic mass is 9.71. The van der Waals surface area contributed by atoms with Gasteiger partial charge < -0.3 is 15.6 Å². The summed E-state index contributed by atoms with van der Waals surface area (Å²) in [7, 11) is 1.91. The first-order chi connectivity index (χ1) is 12.1. The number of carbonyl (C=O) groups excluding carboxylic acids is 1. The molecule has 142 valence electrons. The van der Waals surface area contributed by atoms with E-state index in [9.17, 15) is 4.79 Å². The van der Waals surface area contributed by atoms with Crippen LogP contribution in [-0.4, -0.2) is 27.2 Å². The minimum atomic E-state index is -0.0106. The maximum atomic E-state index is 12.4. The average molecular weight is 396 g/mol. The lowest BCUT2D eigenvalue weighted by molar-refractivity contribution is -0.118. The Morgan fingerprint density at radius 1 is 1.27 bits per heavy atom. The fraction of sp³-hybridized carbons (Fsp3) is 0.500. The summed E-state index contributed by atoms with van der Waals surface area (Å²) >= 11 is 1.54. The normalized spacial score (nSPS) is 15.9. The number of carbonyl (C=O) groups is 1. The Morgan fingerprint density at radius 2 is 1.96 bits per heavy atom. The molecule has 1 aromatic heterocycles. The van der Waals surface area contributed by atoms with Crippen LogP contribution in [0.3, 0.4) is 0 Å². The number of nitrogens with two attached hydrogens (primary N) is 1. The molecule has 0 bridgehead atoms. The molecule has 1 heterocycles. The van der Waals surface area contributed by atoms with Crippen molar-refractivity contribution in [2.45, 2.75) is 48.6 Å². The average Bonchev–Trinajstić information content (AvgIpc) is 3.02. The molecule has 26 heavy (non-hydrogen) atoms. The molecule has 0 aliphatic heterocycles. The van der Waals surface area contributed by atoms with E-state index < -0.39 is 0 Å². The van der Waals surface area contributed by atoms with Gasteiger partial charge in [-0.2, -0.15) is 0 Å². The second kappa shape index (κ2) is 9.39. The number of aryl methyl sites for hydroxylation is 1. The predicted octanol–water partition coefficient (Wildman–Crippen LogP) is 3.63. The van der Waals surface area contributed by atoms with Crippen LogP contribution >= 0.6 is 24.2 Å². The maximum Gasteiger partial charge on any atom is 0.224 e. The highest BCUT2D eigenvalue weighted by atomic mass is 35.5. The second-order valence-electron chi connectivity index (χ2n) is 6.84. The Morgan fingerprint density at radius 3 is 2.54 bits per heavy atom. The quantitative estimate of drug-likeness (QED) is 0.779. The first-order valence-electron chi connectivity index (χ1n) is 8.72. The zero-order valence-corrected chi connectivity index (χ0v) is 16.6. The third-order valence-electron chi connectivity index (χ3n) is 4.90. The Balaban J connectivity index is 0.00000243. The van der Waals surface area contributed by atoms with E-state index in [4.69, 9.17) is 5.73 Å². The van der Waals surface area contributed by atoms with Gasteiger partial charge >= 0.3 is 0 Å². The Bertz CT molecular complexity index is 713. The number of anilines is 1. The van der Waals surface area contributed by atoms with Crippen molar-refractivity contribution in [2.75, 3.05) is 11.9 Å². The fourth-order valence-corrected chi connectivity index (χ4v) is 4.14. The Labute approximate surface area is 164 Å². The van der Waals surface area contributed by atoms with Crippen LogP contribution in [-0.2, 0) is 11.8 Å². The van der Waals surface area contributed by atoms with Crippen LogP contribution < -0.4 is 11.1 Å². The van der Waals surface area contributed by atoms with Gasteiger partial charge in [0.05, 0.1) is 0 Å². The number of aromatic nitrogens is 3. The largest absolute Gasteiger partial charge is 0.330 e. The number of nitrogens with zero attached hydrogens (tertiary/aromatic N) is 3. The summed E-state index contributed by atoms with van der Waals surface area (Å²) in [5, 5.41) is 11.8. The second-order valence-corrected chi connectivity index (χ2v) is 7.88. The van der Waals surface area contributed by atoms with Gasteiger partial charge in [-0.15, -0.1) is 22.6 Å². The molecule has 1 aliphatic rings. The van der Waals surface area contributed by atoms with E-state index >= 15 is 0 Å². The van der Waals surface area contributed by atoms with E-state index in [-0.39, 0.29) is 23.7 Å². The molecule has 0 saturated heterocycles. The first-order valence-corrected chi connectivity index (χ1v) is 9.54. The molecule has 8 heteroatoms. The van der Waals surface area contributed by atoms with Crippen LogP contribution in [0.4, 0.5) is 5.69 Å². The fourth-order valence-electron chi connectivity index (χ4n) is 3.38. The van der Waals surface area contributed by atoms with Crippen LogP contribution in [0.2, 0.25) is 0 Å². The first kappa shape index (κ1) is 20.7. The van der Waals surface area contributed by atoms with Gasteiger partial charge in [0.2, 0.25) is 5.91 Å². The van der Waals surface area contributed by atoms with E-state index in [1.165, 1.54) is 19.3 Å². The molecular weight excluding hydrogens is 370 g/mol. The summed E-state index contributed by atoms with van der Waals surface area (Å²) in [6, 6.07) is 7.81. The number of hydrogen-bond acceptors (Lipinski definition) is 5. The molecule has 0 spiro atoms. The van der Waals surface area contributed by atoms with Gasteiger partial charge in [0.25, 0.3) is 0 Å². The summed E-state index contributed by atoms with van der Waals surface area (Å²) < 4.78 is 1.87. The smallest absolute Gasteiger partial charge is 0.224 e. The van der Waals surface area contributed by atoms with Crippen molar-refractivity contribution in [3.05, 3.63) is 30.6 Å². The highest BCUT2D eigenvalue weighted by molar-refractivity contribution is 7.99. The summed E-state index contributed by atoms with van der Waals surface area (Å²) in [6.07, 6.45) is 7.92. The SMILES string of the molecule is Cl.Cn1cnnc1Sc1ccc(NC(=O)CC2(CN)CCCCC2)cc1. The molecule has 0 atom stereocenters. The van der Waals surface area contributed by atoms with Crippen LogP contribution in [0.25, 0.3) is 0 Å². The van der Waals surface area contributed by atoms with Gasteiger partial charge in [-0.3, -0.25) is 4.79 Å². The van der Waals surface area contributed by atoms with E-state index in [0.717, 1.165) is 28.6 Å². The highest BCUT2D eigenvalue weighted by Gasteiger charge is 2.32. The number of amides is 1. The third kappa shape index (κ3) is 5.22. The molecule has 0 radical (unpaired) electrons. The molecule has 1 aromatic carbocycles. The molecule has 1 aliphatic carbocycles. The lowest BCUT2D eigenvalue weighted by Gasteiger charge is -2.35. The van der Waals surface area contributed by atoms with E-state index in [0.29, 0.717) is 13.0 Å². The molecule has 6 nitrogen and oxygen atoms in total. The van der Waals surface area contributed by atoms with Crippen LogP contribution in [0.5, 0.6) is 0 Å². The van der Waals surface area contributed by atoms with Gasteiger partial charge in [-0.1, -0.05) is 19.3 Å². The van der Waals surface area contributed by atoms with E-state index in [1.807, 2.05) is 35.9 Å². The summed E-state index contributed by atoms with van der Waals surface area (Å²) in [5.41, 5.74) is 6.79. The number of hydrogen-bond donors (Lipinski definition) is 2. The van der Waals surface area contributed by atoms with Crippen LogP contribution in [0.1, 0.15) is 38.5 Å². The molecule has 3 rings (SSSR count). The van der Waals surface area contributed by atoms with E-state index in [2.05, 4.69) is 15.5 Å². The van der Waals surface area contributed by atoms with Crippen molar-refractivity contribution >= 4 is 35.8 Å². The summed E-state index contributed by atoms with van der Waals surface area (Å²) in [6.45, 7) is 0.591. The van der Waals surface area contributed by atoms with Crippen molar-refractivity contribution in [1.82, 2.24) is 14.8 Å². The lowest BCUT2D eigenvalue weighted by Crippen LogP contribution is -2.36. The third-order valence-corrected chi connectivity index (χ3v) is 5.96. The molecule has 1 amide bonds. The molecule has 0 unspecified atom stereocenters. The maximum absolute atomic E-state index is 12.4. The van der Waals surface area contributed by atoms with Crippen molar-refractivity contribution in [2.24, 2.45) is 18.2 Å². The van der Waals surface area contributed by atoms with Gasteiger partial charge in [0.15, 0.2) is 5.16 Å². The Kier molecular flexibility index (Phi) is 7.49. The summed E-state index contributed by atoms with van der Waals surface area (Å²) in [5.74, 6) is 0.0565. The molecule has 1 saturated carbocycles. The molecular formula is C18H26ClN5OS. The molecule has 1 fully saturated rings. The van der Waals surface area contributed by atoms with Crippen molar-refractivity contribution in [3.8, 4) is 0 Å². The van der Waals surface area contributed by atoms with Gasteiger partial charge in [-0.05, 0) is 60.8 Å². The number of halogens is 1. The zero-order chi connectivity index (χ0) is 17.7.